The molecule has 2 nitrogen and oxygen atoms in total. The summed E-state index contributed by atoms with van der Waals surface area (Å²) in [6, 6.07) is 0. The minimum atomic E-state index is -0.589. The van der Waals surface area contributed by atoms with Crippen molar-refractivity contribution in [1.29, 1.82) is 0 Å². The molecule has 0 aromatic carbocycles. The molecule has 0 saturated heterocycles. The van der Waals surface area contributed by atoms with Crippen molar-refractivity contribution < 1.29 is 0 Å². The minimum absolute atomic E-state index is 0. The number of rotatable bonds is 2. The molecule has 3 heteroatoms. The van der Waals surface area contributed by atoms with E-state index in [1.165, 1.54) is 0 Å². The third kappa shape index (κ3) is 5.83. The first-order valence-corrected chi connectivity index (χ1v) is 2.84. The number of nitrogens with two attached hydrogens (primary N) is 2. The zero-order valence-corrected chi connectivity index (χ0v) is 6.74. The lowest BCUT2D eigenvalue weighted by Gasteiger charge is -2.16. The van der Waals surface area contributed by atoms with Gasteiger partial charge in [0.1, 0.15) is 0 Å². The first-order chi connectivity index (χ1) is 3.62. The highest BCUT2D eigenvalue weighted by molar-refractivity contribution is 5.85. The molecule has 0 rings (SSSR count). The predicted octanol–water partition coefficient (Wildman–Crippen LogP) is 1.01. The maximum Gasteiger partial charge on any atom is 0.0825 e. The zero-order valence-electron chi connectivity index (χ0n) is 5.92. The predicted molar refractivity (Wildman–Crippen MR) is 43.5 cm³/mol. The summed E-state index contributed by atoms with van der Waals surface area (Å²) < 4.78 is 0. The van der Waals surface area contributed by atoms with Crippen LogP contribution in [-0.2, 0) is 0 Å². The summed E-state index contributed by atoms with van der Waals surface area (Å²) in [5.41, 5.74) is 10.4. The topological polar surface area (TPSA) is 52.0 Å². The highest BCUT2D eigenvalue weighted by Gasteiger charge is 2.08. The Morgan fingerprint density at radius 3 is 2.00 bits per heavy atom. The zero-order chi connectivity index (χ0) is 6.62. The van der Waals surface area contributed by atoms with Gasteiger partial charge in [-0.1, -0.05) is 19.1 Å². The smallest absolute Gasteiger partial charge is 0.0825 e. The van der Waals surface area contributed by atoms with Crippen LogP contribution in [-0.4, -0.2) is 5.66 Å². The van der Waals surface area contributed by atoms with Gasteiger partial charge in [0, 0.05) is 0 Å². The Kier molecular flexibility index (Phi) is 6.24. The summed E-state index contributed by atoms with van der Waals surface area (Å²) in [4.78, 5) is 0. The van der Waals surface area contributed by atoms with Crippen LogP contribution in [0.1, 0.15) is 20.3 Å². The van der Waals surface area contributed by atoms with E-state index in [1.54, 1.807) is 6.08 Å². The standard InChI is InChI=1S/C6H14N2.ClH/c1-3-5-6(7,8)4-2;/h3,5H,4,7-8H2,1-2H3;1H. The van der Waals surface area contributed by atoms with Crippen molar-refractivity contribution in [3.05, 3.63) is 12.2 Å². The monoisotopic (exact) mass is 150 g/mol. The van der Waals surface area contributed by atoms with Gasteiger partial charge < -0.3 is 11.5 Å². The van der Waals surface area contributed by atoms with Crippen LogP contribution in [0, 0.1) is 0 Å². The fraction of sp³-hybridized carbons (Fsp3) is 0.667. The van der Waals surface area contributed by atoms with Gasteiger partial charge in [0.2, 0.25) is 0 Å². The molecule has 0 aliphatic carbocycles. The summed E-state index contributed by atoms with van der Waals surface area (Å²) in [5.74, 6) is 0. The molecule has 0 aromatic rings. The van der Waals surface area contributed by atoms with Crippen LogP contribution in [0.5, 0.6) is 0 Å². The number of hydrogen-bond acceptors (Lipinski definition) is 2. The van der Waals surface area contributed by atoms with Crippen molar-refractivity contribution in [3.8, 4) is 0 Å². The normalized spacial score (nSPS) is 11.6. The quantitative estimate of drug-likeness (QED) is 0.456. The number of hydrogen-bond donors (Lipinski definition) is 2. The molecule has 0 aromatic heterocycles. The van der Waals surface area contributed by atoms with Crippen molar-refractivity contribution in [2.45, 2.75) is 25.9 Å². The van der Waals surface area contributed by atoms with Crippen molar-refractivity contribution in [1.82, 2.24) is 0 Å². The van der Waals surface area contributed by atoms with Crippen LogP contribution in [0.4, 0.5) is 0 Å². The lowest BCUT2D eigenvalue weighted by atomic mass is 10.1. The van der Waals surface area contributed by atoms with E-state index in [-0.39, 0.29) is 12.4 Å². The molecule has 0 amide bonds. The Balaban J connectivity index is 0. The first kappa shape index (κ1) is 11.7. The molecule has 0 aliphatic rings. The number of allylic oxidation sites excluding steroid dienone is 1. The lowest BCUT2D eigenvalue weighted by Crippen LogP contribution is -2.46. The molecule has 0 unspecified atom stereocenters. The SMILES string of the molecule is CC=CC(N)(N)CC.Cl. The van der Waals surface area contributed by atoms with Crippen LogP contribution >= 0.6 is 12.4 Å². The van der Waals surface area contributed by atoms with Crippen LogP contribution in [0.25, 0.3) is 0 Å². The molecule has 0 saturated carbocycles. The van der Waals surface area contributed by atoms with E-state index in [4.69, 9.17) is 11.5 Å². The average Bonchev–Trinajstić information content (AvgIpc) is 1.67. The van der Waals surface area contributed by atoms with Gasteiger partial charge in [-0.15, -0.1) is 12.4 Å². The Labute approximate surface area is 62.7 Å². The van der Waals surface area contributed by atoms with Crippen molar-refractivity contribution in [3.63, 3.8) is 0 Å². The lowest BCUT2D eigenvalue weighted by molar-refractivity contribution is 0.533. The third-order valence-corrected chi connectivity index (χ3v) is 1.09. The summed E-state index contributed by atoms with van der Waals surface area (Å²) in [6.07, 6.45) is 4.44. The molecule has 0 atom stereocenters. The van der Waals surface area contributed by atoms with Gasteiger partial charge in [0.05, 0.1) is 5.66 Å². The van der Waals surface area contributed by atoms with E-state index in [1.807, 2.05) is 19.9 Å². The Hall–Kier alpha value is -0.0500. The van der Waals surface area contributed by atoms with Gasteiger partial charge in [-0.05, 0) is 13.3 Å². The Bertz CT molecular complexity index is 89.1. The van der Waals surface area contributed by atoms with Gasteiger partial charge in [-0.2, -0.15) is 0 Å². The molecule has 56 valence electrons. The van der Waals surface area contributed by atoms with Crippen molar-refractivity contribution in [2.75, 3.05) is 0 Å². The summed E-state index contributed by atoms with van der Waals surface area (Å²) in [5, 5.41) is 0. The van der Waals surface area contributed by atoms with Gasteiger partial charge in [0.15, 0.2) is 0 Å². The Morgan fingerprint density at radius 1 is 1.44 bits per heavy atom. The largest absolute Gasteiger partial charge is 0.310 e. The van der Waals surface area contributed by atoms with Gasteiger partial charge in [-0.3, -0.25) is 0 Å². The van der Waals surface area contributed by atoms with Gasteiger partial charge in [0.25, 0.3) is 0 Å². The molecule has 9 heavy (non-hydrogen) atoms. The molecule has 0 bridgehead atoms. The van der Waals surface area contributed by atoms with Crippen LogP contribution in [0.15, 0.2) is 12.2 Å². The fourth-order valence-corrected chi connectivity index (χ4v) is 0.428. The molecule has 0 heterocycles. The summed E-state index contributed by atoms with van der Waals surface area (Å²) in [7, 11) is 0. The fourth-order valence-electron chi connectivity index (χ4n) is 0.428. The Morgan fingerprint density at radius 2 is 1.89 bits per heavy atom. The molecular weight excluding hydrogens is 136 g/mol. The van der Waals surface area contributed by atoms with Crippen LogP contribution < -0.4 is 11.5 Å². The molecule has 0 fully saturated rings. The molecule has 0 spiro atoms. The second-order valence-corrected chi connectivity index (χ2v) is 1.97. The van der Waals surface area contributed by atoms with E-state index in [2.05, 4.69) is 0 Å². The highest BCUT2D eigenvalue weighted by atomic mass is 35.5. The summed E-state index contributed by atoms with van der Waals surface area (Å²) in [6.45, 7) is 3.87. The van der Waals surface area contributed by atoms with E-state index in [0.717, 1.165) is 6.42 Å². The maximum absolute atomic E-state index is 5.52. The minimum Gasteiger partial charge on any atom is -0.310 e. The van der Waals surface area contributed by atoms with Gasteiger partial charge >= 0.3 is 0 Å². The highest BCUT2D eigenvalue weighted by Crippen LogP contribution is 1.97. The van der Waals surface area contributed by atoms with Crippen molar-refractivity contribution >= 4 is 12.4 Å². The molecule has 4 N–H and O–H groups in total. The van der Waals surface area contributed by atoms with E-state index in [0.29, 0.717) is 0 Å². The summed E-state index contributed by atoms with van der Waals surface area (Å²) >= 11 is 0. The van der Waals surface area contributed by atoms with E-state index < -0.39 is 5.66 Å². The van der Waals surface area contributed by atoms with E-state index >= 15 is 0 Å². The van der Waals surface area contributed by atoms with Crippen LogP contribution in [0.2, 0.25) is 0 Å². The first-order valence-electron chi connectivity index (χ1n) is 2.84. The van der Waals surface area contributed by atoms with Gasteiger partial charge in [-0.25, -0.2) is 0 Å². The number of halogens is 1. The molecule has 0 radical (unpaired) electrons. The molecular formula is C6H15ClN2. The maximum atomic E-state index is 5.52. The second kappa shape index (κ2) is 4.79. The van der Waals surface area contributed by atoms with Crippen molar-refractivity contribution in [2.24, 2.45) is 11.5 Å². The second-order valence-electron chi connectivity index (χ2n) is 1.97. The third-order valence-electron chi connectivity index (χ3n) is 1.09. The average molecular weight is 151 g/mol. The van der Waals surface area contributed by atoms with E-state index in [9.17, 15) is 0 Å². The van der Waals surface area contributed by atoms with Crippen LogP contribution in [0.3, 0.4) is 0 Å². The molecule has 0 aliphatic heterocycles.